The number of nitrogens with zero attached hydrogens (tertiary/aromatic N) is 1. The summed E-state index contributed by atoms with van der Waals surface area (Å²) in [5.41, 5.74) is 6.02. The van der Waals surface area contributed by atoms with Gasteiger partial charge in [0.1, 0.15) is 0 Å². The van der Waals surface area contributed by atoms with E-state index in [1.165, 1.54) is 51.6 Å². The second kappa shape index (κ2) is 6.41. The fourth-order valence-corrected chi connectivity index (χ4v) is 2.49. The highest BCUT2D eigenvalue weighted by Crippen LogP contribution is 2.22. The fraction of sp³-hybridized carbons (Fsp3) is 1.00. The summed E-state index contributed by atoms with van der Waals surface area (Å²) >= 11 is 0. The van der Waals surface area contributed by atoms with Crippen LogP contribution in [0.15, 0.2) is 0 Å². The molecule has 0 bridgehead atoms. The van der Waals surface area contributed by atoms with Gasteiger partial charge in [0.25, 0.3) is 0 Å². The van der Waals surface area contributed by atoms with Gasteiger partial charge in [-0.1, -0.05) is 26.7 Å². The fourth-order valence-electron chi connectivity index (χ4n) is 2.49. The van der Waals surface area contributed by atoms with Crippen molar-refractivity contribution in [3.63, 3.8) is 0 Å². The molecule has 14 heavy (non-hydrogen) atoms. The van der Waals surface area contributed by atoms with Crippen LogP contribution in [0.3, 0.4) is 0 Å². The van der Waals surface area contributed by atoms with E-state index in [-0.39, 0.29) is 0 Å². The first-order valence-electron chi connectivity index (χ1n) is 6.27. The smallest absolute Gasteiger partial charge is 0.0110 e. The van der Waals surface area contributed by atoms with Crippen molar-refractivity contribution in [3.05, 3.63) is 0 Å². The Hall–Kier alpha value is -0.0800. The van der Waals surface area contributed by atoms with Gasteiger partial charge in [0.05, 0.1) is 0 Å². The van der Waals surface area contributed by atoms with E-state index >= 15 is 0 Å². The van der Waals surface area contributed by atoms with Crippen LogP contribution in [0.1, 0.15) is 52.4 Å². The lowest BCUT2D eigenvalue weighted by Crippen LogP contribution is -2.42. The highest BCUT2D eigenvalue weighted by atomic mass is 15.1. The molecule has 2 atom stereocenters. The summed E-state index contributed by atoms with van der Waals surface area (Å²) < 4.78 is 0. The van der Waals surface area contributed by atoms with Gasteiger partial charge in [-0.3, -0.25) is 0 Å². The number of hydrogen-bond acceptors (Lipinski definition) is 2. The van der Waals surface area contributed by atoms with E-state index in [1.54, 1.807) is 0 Å². The minimum Gasteiger partial charge on any atom is -0.328 e. The van der Waals surface area contributed by atoms with Crippen LogP contribution < -0.4 is 5.73 Å². The maximum atomic E-state index is 6.02. The molecule has 1 rings (SSSR count). The summed E-state index contributed by atoms with van der Waals surface area (Å²) in [5, 5.41) is 0. The van der Waals surface area contributed by atoms with Crippen molar-refractivity contribution in [3.8, 4) is 0 Å². The second-order valence-corrected chi connectivity index (χ2v) is 4.56. The molecule has 0 aromatic carbocycles. The van der Waals surface area contributed by atoms with E-state index in [9.17, 15) is 0 Å². The van der Waals surface area contributed by atoms with E-state index in [0.29, 0.717) is 6.04 Å². The standard InChI is InChI=1S/C12H26N2/c1-3-5-9-14(4-2)12-8-6-7-11(13)10-12/h11-12H,3-10,13H2,1-2H3. The Labute approximate surface area is 88.8 Å². The number of hydrogen-bond donors (Lipinski definition) is 1. The number of unbranched alkanes of at least 4 members (excludes halogenated alkanes) is 1. The third-order valence-electron chi connectivity index (χ3n) is 3.41. The molecule has 2 N–H and O–H groups in total. The van der Waals surface area contributed by atoms with Crippen molar-refractivity contribution in [2.75, 3.05) is 13.1 Å². The quantitative estimate of drug-likeness (QED) is 0.735. The Morgan fingerprint density at radius 2 is 2.07 bits per heavy atom. The van der Waals surface area contributed by atoms with E-state index in [2.05, 4.69) is 18.7 Å². The van der Waals surface area contributed by atoms with E-state index in [4.69, 9.17) is 5.73 Å². The molecule has 0 aromatic heterocycles. The van der Waals surface area contributed by atoms with Crippen LogP contribution in [0.2, 0.25) is 0 Å². The zero-order valence-corrected chi connectivity index (χ0v) is 9.84. The van der Waals surface area contributed by atoms with Crippen molar-refractivity contribution in [2.24, 2.45) is 5.73 Å². The van der Waals surface area contributed by atoms with Gasteiger partial charge < -0.3 is 10.6 Å². The topological polar surface area (TPSA) is 29.3 Å². The van der Waals surface area contributed by atoms with Crippen molar-refractivity contribution < 1.29 is 0 Å². The molecule has 0 aromatic rings. The maximum absolute atomic E-state index is 6.02. The summed E-state index contributed by atoms with van der Waals surface area (Å²) in [6, 6.07) is 1.24. The van der Waals surface area contributed by atoms with Gasteiger partial charge in [-0.15, -0.1) is 0 Å². The zero-order valence-electron chi connectivity index (χ0n) is 9.84. The first kappa shape index (κ1) is 12.0. The number of rotatable bonds is 5. The molecular weight excluding hydrogens is 172 g/mol. The Bertz CT molecular complexity index is 147. The van der Waals surface area contributed by atoms with Crippen LogP contribution in [0.5, 0.6) is 0 Å². The lowest BCUT2D eigenvalue weighted by atomic mass is 9.90. The predicted molar refractivity (Wildman–Crippen MR) is 62.4 cm³/mol. The van der Waals surface area contributed by atoms with Gasteiger partial charge in [0, 0.05) is 12.1 Å². The van der Waals surface area contributed by atoms with E-state index in [1.807, 2.05) is 0 Å². The average molecular weight is 198 g/mol. The maximum Gasteiger partial charge on any atom is 0.0110 e. The molecule has 0 saturated heterocycles. The Kier molecular flexibility index (Phi) is 5.49. The molecule has 0 amide bonds. The third-order valence-corrected chi connectivity index (χ3v) is 3.41. The van der Waals surface area contributed by atoms with Crippen molar-refractivity contribution in [2.45, 2.75) is 64.5 Å². The Morgan fingerprint density at radius 1 is 1.29 bits per heavy atom. The first-order chi connectivity index (χ1) is 6.77. The average Bonchev–Trinajstić information content (AvgIpc) is 2.19. The Balaban J connectivity index is 2.34. The third kappa shape index (κ3) is 3.58. The molecule has 1 aliphatic rings. The lowest BCUT2D eigenvalue weighted by molar-refractivity contribution is 0.152. The molecule has 0 spiro atoms. The summed E-state index contributed by atoms with van der Waals surface area (Å²) in [5.74, 6) is 0. The van der Waals surface area contributed by atoms with Gasteiger partial charge in [-0.05, 0) is 38.8 Å². The molecule has 1 fully saturated rings. The first-order valence-corrected chi connectivity index (χ1v) is 6.27. The van der Waals surface area contributed by atoms with Gasteiger partial charge in [-0.2, -0.15) is 0 Å². The van der Waals surface area contributed by atoms with Gasteiger partial charge in [0.15, 0.2) is 0 Å². The zero-order chi connectivity index (χ0) is 10.4. The predicted octanol–water partition coefficient (Wildman–Crippen LogP) is 2.38. The molecule has 2 unspecified atom stereocenters. The molecule has 0 radical (unpaired) electrons. The molecule has 2 heteroatoms. The summed E-state index contributed by atoms with van der Waals surface area (Å²) in [4.78, 5) is 2.63. The monoisotopic (exact) mass is 198 g/mol. The minimum atomic E-state index is 0.462. The van der Waals surface area contributed by atoms with Crippen molar-refractivity contribution >= 4 is 0 Å². The summed E-state index contributed by atoms with van der Waals surface area (Å²) in [7, 11) is 0. The molecule has 0 heterocycles. The SMILES string of the molecule is CCCCN(CC)C1CCCC(N)C1. The van der Waals surface area contributed by atoms with Crippen molar-refractivity contribution in [1.82, 2.24) is 4.90 Å². The second-order valence-electron chi connectivity index (χ2n) is 4.56. The van der Waals surface area contributed by atoms with Crippen LogP contribution in [0, 0.1) is 0 Å². The summed E-state index contributed by atoms with van der Waals surface area (Å²) in [6.07, 6.45) is 7.79. The van der Waals surface area contributed by atoms with Crippen LogP contribution in [-0.2, 0) is 0 Å². The van der Waals surface area contributed by atoms with Crippen molar-refractivity contribution in [1.29, 1.82) is 0 Å². The lowest BCUT2D eigenvalue weighted by Gasteiger charge is -2.35. The van der Waals surface area contributed by atoms with Gasteiger partial charge in [-0.25, -0.2) is 0 Å². The van der Waals surface area contributed by atoms with E-state index < -0.39 is 0 Å². The molecule has 2 nitrogen and oxygen atoms in total. The summed E-state index contributed by atoms with van der Waals surface area (Å²) in [6.45, 7) is 7.00. The molecule has 84 valence electrons. The highest BCUT2D eigenvalue weighted by Gasteiger charge is 2.23. The largest absolute Gasteiger partial charge is 0.328 e. The molecule has 0 aliphatic heterocycles. The molecule has 1 aliphatic carbocycles. The normalized spacial score (nSPS) is 28.3. The van der Waals surface area contributed by atoms with Gasteiger partial charge in [0.2, 0.25) is 0 Å². The van der Waals surface area contributed by atoms with Gasteiger partial charge >= 0.3 is 0 Å². The minimum absolute atomic E-state index is 0.462. The van der Waals surface area contributed by atoms with Crippen LogP contribution in [0.4, 0.5) is 0 Å². The van der Waals surface area contributed by atoms with Crippen LogP contribution >= 0.6 is 0 Å². The molecular formula is C12H26N2. The van der Waals surface area contributed by atoms with Crippen LogP contribution in [-0.4, -0.2) is 30.1 Å². The molecule has 1 saturated carbocycles. The Morgan fingerprint density at radius 3 is 2.64 bits per heavy atom. The van der Waals surface area contributed by atoms with E-state index in [0.717, 1.165) is 6.04 Å². The van der Waals surface area contributed by atoms with Crippen LogP contribution in [0.25, 0.3) is 0 Å². The number of nitrogens with two attached hydrogens (primary N) is 1. The highest BCUT2D eigenvalue weighted by molar-refractivity contribution is 4.81.